The van der Waals surface area contributed by atoms with Crippen LogP contribution in [0.25, 0.3) is 0 Å². The molecule has 0 radical (unpaired) electrons. The summed E-state index contributed by atoms with van der Waals surface area (Å²) in [6.45, 7) is 8.66. The summed E-state index contributed by atoms with van der Waals surface area (Å²) < 4.78 is 5.70. The molecule has 2 atom stereocenters. The van der Waals surface area contributed by atoms with Gasteiger partial charge in [0.15, 0.2) is 0 Å². The average Bonchev–Trinajstić information content (AvgIpc) is 2.61. The first kappa shape index (κ1) is 17.8. The van der Waals surface area contributed by atoms with E-state index in [4.69, 9.17) is 11.2 Å². The molecule has 0 bridgehead atoms. The lowest BCUT2D eigenvalue weighted by molar-refractivity contribution is -0.0473. The zero-order valence-electron chi connectivity index (χ0n) is 14.2. The summed E-state index contributed by atoms with van der Waals surface area (Å²) in [5, 5.41) is 10.2. The third-order valence-corrected chi connectivity index (χ3v) is 4.54. The second kappa shape index (κ2) is 8.35. The summed E-state index contributed by atoms with van der Waals surface area (Å²) in [6, 6.07) is 10.5. The highest BCUT2D eigenvalue weighted by molar-refractivity contribution is 5.46. The van der Waals surface area contributed by atoms with E-state index in [1.54, 1.807) is 0 Å². The maximum Gasteiger partial charge on any atom is 0.125 e. The molecule has 1 fully saturated rings. The predicted molar refractivity (Wildman–Crippen MR) is 94.6 cm³/mol. The number of hydrogen-bond donors (Lipinski definition) is 1. The van der Waals surface area contributed by atoms with Crippen LogP contribution in [0.5, 0.6) is 0 Å². The lowest BCUT2D eigenvalue weighted by Crippen LogP contribution is -2.49. The Hall–Kier alpha value is -1.54. The maximum absolute atomic E-state index is 10.2. The number of hydrogen-bond acceptors (Lipinski definition) is 4. The van der Waals surface area contributed by atoms with E-state index in [2.05, 4.69) is 40.0 Å². The molecule has 1 aromatic carbocycles. The van der Waals surface area contributed by atoms with Gasteiger partial charge in [-0.15, -0.1) is 6.42 Å². The Balaban J connectivity index is 1.73. The molecule has 1 heterocycles. The van der Waals surface area contributed by atoms with Gasteiger partial charge < -0.3 is 14.7 Å². The first-order chi connectivity index (χ1) is 11.1. The standard InChI is InChI=1S/C19H28N2O2/c1-4-19(3,5-2)23-16-18(22)15-20-11-13-21(14-12-20)17-9-7-6-8-10-17/h1,6-10,18,22H,5,11-16H2,2-3H3/t18-,19-/m0/s1. The first-order valence-corrected chi connectivity index (χ1v) is 8.38. The fraction of sp³-hybridized carbons (Fsp3) is 0.579. The number of anilines is 1. The van der Waals surface area contributed by atoms with Crippen molar-refractivity contribution >= 4 is 5.69 Å². The second-order valence-electron chi connectivity index (χ2n) is 6.32. The van der Waals surface area contributed by atoms with Crippen LogP contribution in [0.4, 0.5) is 5.69 Å². The van der Waals surface area contributed by atoms with Crippen LogP contribution in [0.2, 0.25) is 0 Å². The molecule has 1 aliphatic heterocycles. The molecule has 2 rings (SSSR count). The van der Waals surface area contributed by atoms with Crippen LogP contribution in [0, 0.1) is 12.3 Å². The smallest absolute Gasteiger partial charge is 0.125 e. The minimum absolute atomic E-state index is 0.285. The molecule has 0 aliphatic carbocycles. The maximum atomic E-state index is 10.2. The number of para-hydroxylation sites is 1. The van der Waals surface area contributed by atoms with Crippen molar-refractivity contribution in [1.29, 1.82) is 0 Å². The molecule has 4 heteroatoms. The third kappa shape index (κ3) is 5.24. The summed E-state index contributed by atoms with van der Waals surface area (Å²) in [5.74, 6) is 2.66. The molecule has 126 valence electrons. The molecule has 0 saturated carbocycles. The van der Waals surface area contributed by atoms with Crippen molar-refractivity contribution in [1.82, 2.24) is 4.90 Å². The summed E-state index contributed by atoms with van der Waals surface area (Å²) >= 11 is 0. The molecule has 0 amide bonds. The molecule has 0 spiro atoms. The fourth-order valence-electron chi connectivity index (χ4n) is 2.70. The lowest BCUT2D eigenvalue weighted by atomic mass is 10.1. The SMILES string of the molecule is C#C[C@@](C)(CC)OC[C@@H](O)CN1CCN(c2ccccc2)CC1. The Morgan fingerprint density at radius 1 is 1.26 bits per heavy atom. The van der Waals surface area contributed by atoms with Crippen molar-refractivity contribution in [3.05, 3.63) is 30.3 Å². The van der Waals surface area contributed by atoms with Gasteiger partial charge in [0, 0.05) is 38.4 Å². The average molecular weight is 316 g/mol. The van der Waals surface area contributed by atoms with Gasteiger partial charge in [-0.1, -0.05) is 31.0 Å². The fourth-order valence-corrected chi connectivity index (χ4v) is 2.70. The molecule has 1 aromatic rings. The third-order valence-electron chi connectivity index (χ3n) is 4.54. The number of aliphatic hydroxyl groups excluding tert-OH is 1. The number of ether oxygens (including phenoxy) is 1. The van der Waals surface area contributed by atoms with Gasteiger partial charge >= 0.3 is 0 Å². The highest BCUT2D eigenvalue weighted by Gasteiger charge is 2.23. The molecule has 0 unspecified atom stereocenters. The van der Waals surface area contributed by atoms with E-state index in [9.17, 15) is 5.11 Å². The summed E-state index contributed by atoms with van der Waals surface area (Å²) in [7, 11) is 0. The first-order valence-electron chi connectivity index (χ1n) is 8.38. The minimum Gasteiger partial charge on any atom is -0.389 e. The van der Waals surface area contributed by atoms with Crippen LogP contribution >= 0.6 is 0 Å². The summed E-state index contributed by atoms with van der Waals surface area (Å²) in [6.07, 6.45) is 5.73. The molecule has 0 aromatic heterocycles. The molecule has 4 nitrogen and oxygen atoms in total. The Kier molecular flexibility index (Phi) is 6.47. The molecule has 1 N–H and O–H groups in total. The van der Waals surface area contributed by atoms with E-state index in [-0.39, 0.29) is 6.61 Å². The predicted octanol–water partition coefficient (Wildman–Crippen LogP) is 1.99. The monoisotopic (exact) mass is 316 g/mol. The van der Waals surface area contributed by atoms with Crippen molar-refractivity contribution in [3.8, 4) is 12.3 Å². The Labute approximate surface area is 140 Å². The van der Waals surface area contributed by atoms with Gasteiger partial charge in [0.05, 0.1) is 12.7 Å². The van der Waals surface area contributed by atoms with Gasteiger partial charge in [-0.3, -0.25) is 4.90 Å². The highest BCUT2D eigenvalue weighted by atomic mass is 16.5. The van der Waals surface area contributed by atoms with E-state index in [1.807, 2.05) is 19.9 Å². The number of β-amino-alcohol motifs (C(OH)–C–C–N with tert-alkyl or cyclic N) is 1. The van der Waals surface area contributed by atoms with Gasteiger partial charge in [-0.05, 0) is 25.5 Å². The number of benzene rings is 1. The molecule has 1 saturated heterocycles. The largest absolute Gasteiger partial charge is 0.389 e. The van der Waals surface area contributed by atoms with Crippen LogP contribution in [0.15, 0.2) is 30.3 Å². The number of nitrogens with zero attached hydrogens (tertiary/aromatic N) is 2. The van der Waals surface area contributed by atoms with Gasteiger partial charge in [0.25, 0.3) is 0 Å². The van der Waals surface area contributed by atoms with E-state index >= 15 is 0 Å². The number of terminal acetylenes is 1. The Morgan fingerprint density at radius 2 is 1.91 bits per heavy atom. The van der Waals surface area contributed by atoms with Crippen molar-refractivity contribution in [2.45, 2.75) is 32.0 Å². The number of rotatable bonds is 7. The second-order valence-corrected chi connectivity index (χ2v) is 6.32. The highest BCUT2D eigenvalue weighted by Crippen LogP contribution is 2.16. The normalized spacial score (nSPS) is 19.8. The van der Waals surface area contributed by atoms with Crippen LogP contribution < -0.4 is 4.90 Å². The van der Waals surface area contributed by atoms with Gasteiger partial charge in [0.2, 0.25) is 0 Å². The molecule has 23 heavy (non-hydrogen) atoms. The molecular formula is C19H28N2O2. The van der Waals surface area contributed by atoms with E-state index in [1.165, 1.54) is 5.69 Å². The Bertz CT molecular complexity index is 506. The zero-order chi connectivity index (χ0) is 16.7. The van der Waals surface area contributed by atoms with E-state index in [0.717, 1.165) is 32.6 Å². The van der Waals surface area contributed by atoms with Gasteiger partial charge in [-0.2, -0.15) is 0 Å². The molecule has 1 aliphatic rings. The van der Waals surface area contributed by atoms with Crippen LogP contribution in [0.1, 0.15) is 20.3 Å². The summed E-state index contributed by atoms with van der Waals surface area (Å²) in [5.41, 5.74) is 0.691. The van der Waals surface area contributed by atoms with Crippen LogP contribution in [0.3, 0.4) is 0 Å². The van der Waals surface area contributed by atoms with Gasteiger partial charge in [-0.25, -0.2) is 0 Å². The van der Waals surface area contributed by atoms with E-state index < -0.39 is 11.7 Å². The number of piperazine rings is 1. The number of aliphatic hydroxyl groups is 1. The van der Waals surface area contributed by atoms with Crippen molar-refractivity contribution in [3.63, 3.8) is 0 Å². The quantitative estimate of drug-likeness (QED) is 0.781. The van der Waals surface area contributed by atoms with Crippen LogP contribution in [-0.2, 0) is 4.74 Å². The zero-order valence-corrected chi connectivity index (χ0v) is 14.2. The Morgan fingerprint density at radius 3 is 2.48 bits per heavy atom. The van der Waals surface area contributed by atoms with Crippen molar-refractivity contribution in [2.75, 3.05) is 44.2 Å². The van der Waals surface area contributed by atoms with E-state index in [0.29, 0.717) is 6.54 Å². The topological polar surface area (TPSA) is 35.9 Å². The van der Waals surface area contributed by atoms with Crippen molar-refractivity contribution < 1.29 is 9.84 Å². The minimum atomic E-state index is -0.576. The lowest BCUT2D eigenvalue weighted by Gasteiger charge is -2.37. The van der Waals surface area contributed by atoms with Gasteiger partial charge in [0.1, 0.15) is 5.60 Å². The summed E-state index contributed by atoms with van der Waals surface area (Å²) in [4.78, 5) is 4.67. The van der Waals surface area contributed by atoms with Crippen molar-refractivity contribution in [2.24, 2.45) is 0 Å². The molecular weight excluding hydrogens is 288 g/mol. The van der Waals surface area contributed by atoms with Crippen LogP contribution in [-0.4, -0.2) is 61.0 Å².